The number of amides is 1. The van der Waals surface area contributed by atoms with Crippen molar-refractivity contribution in [2.24, 2.45) is 0 Å². The number of carbonyl (C=O) groups excluding carboxylic acids is 2. The molecule has 0 bridgehead atoms. The van der Waals surface area contributed by atoms with Gasteiger partial charge in [-0.3, -0.25) is 19.4 Å². The minimum atomic E-state index is 0.0921. The number of piperazine rings is 1. The highest BCUT2D eigenvalue weighted by Crippen LogP contribution is 2.14. The number of morpholine rings is 1. The molecule has 0 unspecified atom stereocenters. The monoisotopic (exact) mass is 361 g/mol. The molecule has 0 spiro atoms. The summed E-state index contributed by atoms with van der Waals surface area (Å²) < 4.78 is 11.0. The zero-order valence-electron chi connectivity index (χ0n) is 15.1. The van der Waals surface area contributed by atoms with E-state index in [9.17, 15) is 9.59 Å². The van der Waals surface area contributed by atoms with Gasteiger partial charge < -0.3 is 14.8 Å². The number of hydrogen-bond acceptors (Lipinski definition) is 6. The fourth-order valence-corrected chi connectivity index (χ4v) is 3.15. The van der Waals surface area contributed by atoms with E-state index in [1.54, 1.807) is 0 Å². The largest absolute Gasteiger partial charge is 0.494 e. The number of rotatable bonds is 8. The van der Waals surface area contributed by atoms with Crippen LogP contribution in [0.15, 0.2) is 24.3 Å². The number of hydrogen-bond donors (Lipinski definition) is 1. The first-order valence-electron chi connectivity index (χ1n) is 9.26. The summed E-state index contributed by atoms with van der Waals surface area (Å²) in [6.45, 7) is 6.99. The number of nitrogens with zero attached hydrogens (tertiary/aromatic N) is 2. The minimum absolute atomic E-state index is 0.0921. The van der Waals surface area contributed by atoms with Gasteiger partial charge in [-0.15, -0.1) is 0 Å². The molecule has 2 fully saturated rings. The van der Waals surface area contributed by atoms with Crippen LogP contribution in [-0.2, 0) is 9.53 Å². The van der Waals surface area contributed by atoms with Crippen LogP contribution in [0.2, 0.25) is 0 Å². The summed E-state index contributed by atoms with van der Waals surface area (Å²) in [5, 5.41) is 2.82. The van der Waals surface area contributed by atoms with Gasteiger partial charge in [0.25, 0.3) is 0 Å². The molecule has 2 aliphatic rings. The van der Waals surface area contributed by atoms with Crippen molar-refractivity contribution in [3.05, 3.63) is 29.8 Å². The summed E-state index contributed by atoms with van der Waals surface area (Å²) in [5.74, 6) is 0.987. The number of benzene rings is 1. The summed E-state index contributed by atoms with van der Waals surface area (Å²) in [6.07, 6.45) is 0.866. The van der Waals surface area contributed by atoms with Crippen LogP contribution in [0.4, 0.5) is 0 Å². The van der Waals surface area contributed by atoms with Crippen LogP contribution in [0.25, 0.3) is 0 Å². The lowest BCUT2D eigenvalue weighted by atomic mass is 10.1. The van der Waals surface area contributed by atoms with E-state index in [0.717, 1.165) is 44.9 Å². The van der Waals surface area contributed by atoms with Gasteiger partial charge in [0.15, 0.2) is 5.78 Å². The Labute approximate surface area is 154 Å². The second-order valence-corrected chi connectivity index (χ2v) is 6.66. The molecule has 1 aromatic rings. The molecule has 0 atom stereocenters. The molecule has 3 rings (SSSR count). The quantitative estimate of drug-likeness (QED) is 0.534. The van der Waals surface area contributed by atoms with Gasteiger partial charge in [-0.05, 0) is 30.7 Å². The molecule has 0 aromatic heterocycles. The van der Waals surface area contributed by atoms with Gasteiger partial charge in [0.1, 0.15) is 5.75 Å². The molecule has 142 valence electrons. The number of ketones is 1. The van der Waals surface area contributed by atoms with Crippen molar-refractivity contribution >= 4 is 11.7 Å². The highest BCUT2D eigenvalue weighted by atomic mass is 16.5. The van der Waals surface area contributed by atoms with E-state index >= 15 is 0 Å². The molecule has 7 nitrogen and oxygen atoms in total. The predicted octanol–water partition coefficient (Wildman–Crippen LogP) is 0.402. The Balaban J connectivity index is 1.37. The maximum absolute atomic E-state index is 12.3. The third-order valence-corrected chi connectivity index (χ3v) is 4.65. The van der Waals surface area contributed by atoms with Crippen molar-refractivity contribution in [1.82, 2.24) is 15.1 Å². The molecule has 1 aromatic carbocycles. The molecule has 0 radical (unpaired) electrons. The standard InChI is InChI=1S/C19H27N3O4/c23-18(14-22-9-12-25-13-10-22)16-2-4-17(5-3-16)26-11-1-7-21-8-6-20-19(24)15-21/h2-5H,1,6-15H2,(H,20,24). The summed E-state index contributed by atoms with van der Waals surface area (Å²) >= 11 is 0. The van der Waals surface area contributed by atoms with Gasteiger partial charge in [0.05, 0.1) is 32.9 Å². The number of Topliss-reactive ketones (excluding diaryl/α,β-unsaturated/α-hetero) is 1. The van der Waals surface area contributed by atoms with Crippen LogP contribution in [0.1, 0.15) is 16.8 Å². The fourth-order valence-electron chi connectivity index (χ4n) is 3.15. The van der Waals surface area contributed by atoms with E-state index < -0.39 is 0 Å². The van der Waals surface area contributed by atoms with Crippen molar-refractivity contribution in [3.8, 4) is 5.75 Å². The molecule has 26 heavy (non-hydrogen) atoms. The van der Waals surface area contributed by atoms with Gasteiger partial charge in [-0.25, -0.2) is 0 Å². The normalized spacial score (nSPS) is 19.2. The Morgan fingerprint density at radius 3 is 2.62 bits per heavy atom. The smallest absolute Gasteiger partial charge is 0.234 e. The molecule has 0 aliphatic carbocycles. The zero-order valence-corrected chi connectivity index (χ0v) is 15.1. The minimum Gasteiger partial charge on any atom is -0.494 e. The number of nitrogens with one attached hydrogen (secondary N) is 1. The number of carbonyl (C=O) groups is 2. The average Bonchev–Trinajstić information content (AvgIpc) is 2.66. The third-order valence-electron chi connectivity index (χ3n) is 4.65. The molecule has 0 saturated carbocycles. The van der Waals surface area contributed by atoms with Crippen LogP contribution in [0.3, 0.4) is 0 Å². The van der Waals surface area contributed by atoms with Crippen molar-refractivity contribution in [2.45, 2.75) is 6.42 Å². The summed E-state index contributed by atoms with van der Waals surface area (Å²) in [4.78, 5) is 27.9. The molecule has 2 saturated heterocycles. The van der Waals surface area contributed by atoms with E-state index in [4.69, 9.17) is 9.47 Å². The van der Waals surface area contributed by atoms with Gasteiger partial charge in [-0.1, -0.05) is 0 Å². The van der Waals surface area contributed by atoms with Crippen molar-refractivity contribution in [1.29, 1.82) is 0 Å². The maximum atomic E-state index is 12.3. The van der Waals surface area contributed by atoms with E-state index in [2.05, 4.69) is 15.1 Å². The Morgan fingerprint density at radius 2 is 1.88 bits per heavy atom. The zero-order chi connectivity index (χ0) is 18.2. The Morgan fingerprint density at radius 1 is 1.12 bits per heavy atom. The van der Waals surface area contributed by atoms with Crippen LogP contribution in [0.5, 0.6) is 5.75 Å². The molecule has 7 heteroatoms. The number of ether oxygens (including phenoxy) is 2. The molecule has 1 N–H and O–H groups in total. The van der Waals surface area contributed by atoms with E-state index in [0.29, 0.717) is 38.5 Å². The van der Waals surface area contributed by atoms with Crippen molar-refractivity contribution in [3.63, 3.8) is 0 Å². The van der Waals surface area contributed by atoms with Crippen molar-refractivity contribution in [2.75, 3.05) is 65.6 Å². The predicted molar refractivity (Wildman–Crippen MR) is 97.6 cm³/mol. The second kappa shape index (κ2) is 9.66. The first-order chi connectivity index (χ1) is 12.7. The topological polar surface area (TPSA) is 71.1 Å². The SMILES string of the molecule is O=C1CN(CCCOc2ccc(C(=O)CN3CCOCC3)cc2)CCN1. The Bertz CT molecular complexity index is 599. The van der Waals surface area contributed by atoms with Gasteiger partial charge in [0, 0.05) is 38.3 Å². The van der Waals surface area contributed by atoms with Crippen LogP contribution in [0, 0.1) is 0 Å². The van der Waals surface area contributed by atoms with E-state index in [-0.39, 0.29) is 11.7 Å². The Hall–Kier alpha value is -1.96. The lowest BCUT2D eigenvalue weighted by molar-refractivity contribution is -0.124. The van der Waals surface area contributed by atoms with Crippen LogP contribution < -0.4 is 10.1 Å². The van der Waals surface area contributed by atoms with Crippen LogP contribution >= 0.6 is 0 Å². The van der Waals surface area contributed by atoms with Crippen molar-refractivity contribution < 1.29 is 19.1 Å². The summed E-state index contributed by atoms with van der Waals surface area (Å²) in [6, 6.07) is 7.35. The second-order valence-electron chi connectivity index (χ2n) is 6.66. The van der Waals surface area contributed by atoms with Gasteiger partial charge in [0.2, 0.25) is 5.91 Å². The van der Waals surface area contributed by atoms with E-state index in [1.807, 2.05) is 24.3 Å². The highest BCUT2D eigenvalue weighted by molar-refractivity contribution is 5.97. The lowest BCUT2D eigenvalue weighted by Crippen LogP contribution is -2.47. The first-order valence-corrected chi connectivity index (χ1v) is 9.26. The van der Waals surface area contributed by atoms with Gasteiger partial charge in [-0.2, -0.15) is 0 Å². The molecular formula is C19H27N3O4. The maximum Gasteiger partial charge on any atom is 0.234 e. The molecule has 1 amide bonds. The van der Waals surface area contributed by atoms with Gasteiger partial charge >= 0.3 is 0 Å². The van der Waals surface area contributed by atoms with Crippen LogP contribution in [-0.4, -0.2) is 87.1 Å². The molecule has 2 aliphatic heterocycles. The highest BCUT2D eigenvalue weighted by Gasteiger charge is 2.16. The fraction of sp³-hybridized carbons (Fsp3) is 0.579. The molecule has 2 heterocycles. The Kier molecular flexibility index (Phi) is 6.99. The first kappa shape index (κ1) is 18.8. The molecular weight excluding hydrogens is 334 g/mol. The third kappa shape index (κ3) is 5.79. The average molecular weight is 361 g/mol. The summed E-state index contributed by atoms with van der Waals surface area (Å²) in [5.41, 5.74) is 0.711. The lowest BCUT2D eigenvalue weighted by Gasteiger charge is -2.26. The van der Waals surface area contributed by atoms with E-state index in [1.165, 1.54) is 0 Å². The summed E-state index contributed by atoms with van der Waals surface area (Å²) in [7, 11) is 0.